The molecule has 0 aromatic heterocycles. The van der Waals surface area contributed by atoms with E-state index >= 15 is 0 Å². The van der Waals surface area contributed by atoms with Gasteiger partial charge in [0.25, 0.3) is 0 Å². The number of nitrogens with zero attached hydrogens (tertiary/aromatic N) is 2. The normalized spacial score (nSPS) is 18.8. The molecule has 1 atom stereocenters. The molecule has 0 bridgehead atoms. The fraction of sp³-hybridized carbons (Fsp3) is 0.259. The van der Waals surface area contributed by atoms with Crippen LogP contribution >= 0.6 is 0 Å². The molecule has 1 unspecified atom stereocenters. The molecular weight excluding hydrogens is 414 g/mol. The lowest BCUT2D eigenvalue weighted by Crippen LogP contribution is -2.33. The van der Waals surface area contributed by atoms with Crippen molar-refractivity contribution >= 4 is 11.8 Å². The second-order valence-corrected chi connectivity index (χ2v) is 7.90. The van der Waals surface area contributed by atoms with Gasteiger partial charge in [0.15, 0.2) is 12.1 Å². The lowest BCUT2D eigenvalue weighted by atomic mass is 10.2. The fourth-order valence-corrected chi connectivity index (χ4v) is 3.25. The van der Waals surface area contributed by atoms with Crippen LogP contribution in [0.1, 0.15) is 34.1 Å². The fourth-order valence-electron chi connectivity index (χ4n) is 3.25. The van der Waals surface area contributed by atoms with E-state index in [1.165, 1.54) is 5.57 Å². The minimum absolute atomic E-state index is 0.287. The first-order valence-corrected chi connectivity index (χ1v) is 10.8. The molecule has 0 radical (unpaired) electrons. The van der Waals surface area contributed by atoms with Gasteiger partial charge in [0, 0.05) is 42.9 Å². The van der Waals surface area contributed by atoms with Crippen LogP contribution in [0.5, 0.6) is 17.2 Å². The SMILES string of the molecule is C=C/C=C(C)\C(=N/C)Oc1cc(OC2=NC(C)=CC=C(C)C2)cc(OC2NC=CC=C2C)c1. The van der Waals surface area contributed by atoms with E-state index in [1.54, 1.807) is 13.1 Å². The summed E-state index contributed by atoms with van der Waals surface area (Å²) in [4.78, 5) is 8.85. The number of aliphatic imine (C=N–C) groups is 2. The summed E-state index contributed by atoms with van der Waals surface area (Å²) in [6.45, 7) is 11.7. The minimum Gasteiger partial charge on any atom is -0.467 e. The van der Waals surface area contributed by atoms with Gasteiger partial charge in [-0.3, -0.25) is 4.99 Å². The van der Waals surface area contributed by atoms with Crippen molar-refractivity contribution in [3.8, 4) is 17.2 Å². The van der Waals surface area contributed by atoms with Crippen LogP contribution in [0, 0.1) is 0 Å². The number of benzene rings is 1. The first-order valence-electron chi connectivity index (χ1n) is 10.8. The molecule has 2 aliphatic rings. The summed E-state index contributed by atoms with van der Waals surface area (Å²) in [5, 5.41) is 3.21. The zero-order valence-electron chi connectivity index (χ0n) is 19.9. The molecule has 3 rings (SSSR count). The van der Waals surface area contributed by atoms with E-state index in [9.17, 15) is 0 Å². The van der Waals surface area contributed by atoms with Crippen LogP contribution in [0.15, 0.2) is 99.8 Å². The van der Waals surface area contributed by atoms with E-state index in [-0.39, 0.29) is 6.23 Å². The minimum atomic E-state index is -0.287. The molecule has 1 aromatic carbocycles. The van der Waals surface area contributed by atoms with Crippen LogP contribution < -0.4 is 19.5 Å². The number of rotatable bonds is 6. The van der Waals surface area contributed by atoms with Crippen molar-refractivity contribution in [3.63, 3.8) is 0 Å². The lowest BCUT2D eigenvalue weighted by molar-refractivity contribution is 0.213. The smallest absolute Gasteiger partial charge is 0.217 e. The maximum absolute atomic E-state index is 6.20. The Labute approximate surface area is 196 Å². The first kappa shape index (κ1) is 23.9. The number of allylic oxidation sites excluding steroid dienone is 7. The third-order valence-corrected chi connectivity index (χ3v) is 4.92. The second-order valence-electron chi connectivity index (χ2n) is 7.90. The quantitative estimate of drug-likeness (QED) is 0.330. The molecule has 33 heavy (non-hydrogen) atoms. The number of hydrogen-bond donors (Lipinski definition) is 1. The summed E-state index contributed by atoms with van der Waals surface area (Å²) in [6.07, 6.45) is 13.7. The van der Waals surface area contributed by atoms with Crippen molar-refractivity contribution in [1.82, 2.24) is 5.32 Å². The maximum Gasteiger partial charge on any atom is 0.217 e. The van der Waals surface area contributed by atoms with Gasteiger partial charge in [-0.25, -0.2) is 4.99 Å². The average Bonchev–Trinajstić information content (AvgIpc) is 2.93. The van der Waals surface area contributed by atoms with Crippen LogP contribution in [0.25, 0.3) is 0 Å². The van der Waals surface area contributed by atoms with Crippen molar-refractivity contribution in [1.29, 1.82) is 0 Å². The summed E-state index contributed by atoms with van der Waals surface area (Å²) in [5.74, 6) is 2.80. The molecule has 0 aliphatic carbocycles. The van der Waals surface area contributed by atoms with E-state index in [2.05, 4.69) is 34.9 Å². The Balaban J connectivity index is 1.93. The highest BCUT2D eigenvalue weighted by Gasteiger charge is 2.16. The Bertz CT molecular complexity index is 1120. The Kier molecular flexibility index (Phi) is 8.08. The van der Waals surface area contributed by atoms with Crippen LogP contribution in [0.2, 0.25) is 0 Å². The van der Waals surface area contributed by atoms with Gasteiger partial charge in [-0.2, -0.15) is 0 Å². The topological polar surface area (TPSA) is 64.4 Å². The maximum atomic E-state index is 6.20. The van der Waals surface area contributed by atoms with Crippen molar-refractivity contribution < 1.29 is 14.2 Å². The highest BCUT2D eigenvalue weighted by atomic mass is 16.5. The number of ether oxygens (including phenoxy) is 3. The predicted octanol–water partition coefficient (Wildman–Crippen LogP) is 6.03. The van der Waals surface area contributed by atoms with Gasteiger partial charge in [-0.05, 0) is 51.6 Å². The third kappa shape index (κ3) is 6.84. The van der Waals surface area contributed by atoms with E-state index in [4.69, 9.17) is 14.2 Å². The van der Waals surface area contributed by atoms with Crippen LogP contribution in [-0.2, 0) is 0 Å². The van der Waals surface area contributed by atoms with E-state index in [0.29, 0.717) is 35.5 Å². The predicted molar refractivity (Wildman–Crippen MR) is 135 cm³/mol. The summed E-state index contributed by atoms with van der Waals surface area (Å²) >= 11 is 0. The van der Waals surface area contributed by atoms with Gasteiger partial charge in [-0.1, -0.05) is 36.5 Å². The third-order valence-electron chi connectivity index (χ3n) is 4.92. The zero-order valence-corrected chi connectivity index (χ0v) is 19.9. The standard InChI is InChI=1S/C27H31N3O3/c1-7-9-19(3)26(28-6)32-23-15-22(31-25-14-18(2)11-12-21(5)30-25)16-24(17-23)33-27-20(4)10-8-13-29-27/h7-13,15-17,27,29H,1,14H2,2-6H3/b19-9-,28-26+. The molecular formula is C27H31N3O3. The van der Waals surface area contributed by atoms with Crippen molar-refractivity contribution in [3.05, 3.63) is 89.9 Å². The van der Waals surface area contributed by atoms with Gasteiger partial charge >= 0.3 is 0 Å². The lowest BCUT2D eigenvalue weighted by Gasteiger charge is -2.23. The van der Waals surface area contributed by atoms with Crippen LogP contribution in [0.4, 0.5) is 0 Å². The molecule has 2 heterocycles. The molecule has 0 saturated carbocycles. The molecule has 172 valence electrons. The Morgan fingerprint density at radius 1 is 1.12 bits per heavy atom. The molecule has 1 aromatic rings. The second kappa shape index (κ2) is 11.2. The molecule has 0 saturated heterocycles. The van der Waals surface area contributed by atoms with E-state index in [0.717, 1.165) is 16.8 Å². The van der Waals surface area contributed by atoms with Gasteiger partial charge < -0.3 is 19.5 Å². The summed E-state index contributed by atoms with van der Waals surface area (Å²) < 4.78 is 18.5. The Morgan fingerprint density at radius 2 is 1.88 bits per heavy atom. The molecule has 2 aliphatic heterocycles. The van der Waals surface area contributed by atoms with Gasteiger partial charge in [-0.15, -0.1) is 0 Å². The first-order chi connectivity index (χ1) is 15.9. The van der Waals surface area contributed by atoms with Gasteiger partial charge in [0.1, 0.15) is 17.2 Å². The zero-order chi connectivity index (χ0) is 23.8. The monoisotopic (exact) mass is 445 g/mol. The summed E-state index contributed by atoms with van der Waals surface area (Å²) in [6, 6.07) is 5.46. The molecule has 6 heteroatoms. The average molecular weight is 446 g/mol. The van der Waals surface area contributed by atoms with E-state index < -0.39 is 0 Å². The highest BCUT2D eigenvalue weighted by molar-refractivity contribution is 5.94. The molecule has 6 nitrogen and oxygen atoms in total. The van der Waals surface area contributed by atoms with Crippen LogP contribution in [0.3, 0.4) is 0 Å². The van der Waals surface area contributed by atoms with E-state index in [1.807, 2.05) is 69.5 Å². The van der Waals surface area contributed by atoms with Crippen LogP contribution in [-0.4, -0.2) is 25.1 Å². The summed E-state index contributed by atoms with van der Waals surface area (Å²) in [7, 11) is 1.68. The van der Waals surface area contributed by atoms with Crippen molar-refractivity contribution in [2.45, 2.75) is 40.3 Å². The molecule has 0 fully saturated rings. The molecule has 0 amide bonds. The van der Waals surface area contributed by atoms with Gasteiger partial charge in [0.2, 0.25) is 5.90 Å². The molecule has 0 spiro atoms. The number of nitrogens with one attached hydrogen (secondary N) is 1. The Morgan fingerprint density at radius 3 is 2.61 bits per heavy atom. The largest absolute Gasteiger partial charge is 0.467 e. The Hall–Kier alpha value is -3.80. The molecule has 1 N–H and O–H groups in total. The number of hydrogen-bond acceptors (Lipinski definition) is 6. The van der Waals surface area contributed by atoms with Crippen molar-refractivity contribution in [2.75, 3.05) is 7.05 Å². The number of dihydropyridines is 1. The highest BCUT2D eigenvalue weighted by Crippen LogP contribution is 2.31. The van der Waals surface area contributed by atoms with Crippen molar-refractivity contribution in [2.24, 2.45) is 9.98 Å². The summed E-state index contributed by atoms with van der Waals surface area (Å²) in [5.41, 5.74) is 3.96. The van der Waals surface area contributed by atoms with Gasteiger partial charge in [0.05, 0.1) is 0 Å².